The van der Waals surface area contributed by atoms with Gasteiger partial charge in [0.05, 0.1) is 5.41 Å². The standard InChI is InChI=1S/C28H36O2/c1-18-6-8-19(9-7-18)14-22(28-13-11-21(16-24(28)30)26(28,4)5)17-27-12-10-20(15-23(27)29)25(27,2)3/h6-9,14,20-21H,10-13,15-17H2,1-5H3. The zero-order chi connectivity index (χ0) is 21.5. The highest BCUT2D eigenvalue weighted by Gasteiger charge is 2.69. The summed E-state index contributed by atoms with van der Waals surface area (Å²) in [4.78, 5) is 26.9. The number of carbonyl (C=O) groups excluding carboxylic acids is 2. The summed E-state index contributed by atoms with van der Waals surface area (Å²) in [7, 11) is 0. The van der Waals surface area contributed by atoms with Crippen molar-refractivity contribution in [3.8, 4) is 0 Å². The summed E-state index contributed by atoms with van der Waals surface area (Å²) in [6.07, 6.45) is 8.75. The molecular weight excluding hydrogens is 368 g/mol. The molecule has 0 heterocycles. The molecule has 4 aliphatic carbocycles. The normalized spacial score (nSPS) is 38.6. The van der Waals surface area contributed by atoms with Crippen molar-refractivity contribution in [3.63, 3.8) is 0 Å². The smallest absolute Gasteiger partial charge is 0.143 e. The molecule has 0 aromatic heterocycles. The summed E-state index contributed by atoms with van der Waals surface area (Å²) in [6.45, 7) is 11.4. The molecule has 4 aliphatic rings. The Kier molecular flexibility index (Phi) is 4.16. The maximum Gasteiger partial charge on any atom is 0.143 e. The van der Waals surface area contributed by atoms with E-state index in [9.17, 15) is 9.59 Å². The molecule has 0 spiro atoms. The molecule has 4 saturated carbocycles. The molecule has 0 aliphatic heterocycles. The van der Waals surface area contributed by atoms with E-state index in [0.717, 1.165) is 44.1 Å². The van der Waals surface area contributed by atoms with Crippen molar-refractivity contribution in [3.05, 3.63) is 41.0 Å². The Morgan fingerprint density at radius 1 is 0.900 bits per heavy atom. The van der Waals surface area contributed by atoms with E-state index >= 15 is 0 Å². The van der Waals surface area contributed by atoms with Gasteiger partial charge in [-0.2, -0.15) is 0 Å². The Balaban J connectivity index is 1.66. The lowest BCUT2D eigenvalue weighted by atomic mass is 9.57. The zero-order valence-electron chi connectivity index (χ0n) is 19.3. The highest BCUT2D eigenvalue weighted by atomic mass is 16.1. The quantitative estimate of drug-likeness (QED) is 0.569. The van der Waals surface area contributed by atoms with Crippen LogP contribution in [0.2, 0.25) is 0 Å². The second-order valence-electron chi connectivity index (χ2n) is 11.9. The Labute approximate surface area is 181 Å². The second kappa shape index (κ2) is 6.17. The van der Waals surface area contributed by atoms with E-state index in [1.807, 2.05) is 0 Å². The van der Waals surface area contributed by atoms with Gasteiger partial charge in [-0.05, 0) is 67.3 Å². The van der Waals surface area contributed by atoms with Crippen LogP contribution >= 0.6 is 0 Å². The first-order valence-corrected chi connectivity index (χ1v) is 11.9. The predicted octanol–water partition coefficient (Wildman–Crippen LogP) is 6.56. The fraction of sp³-hybridized carbons (Fsp3) is 0.643. The van der Waals surface area contributed by atoms with Crippen LogP contribution in [0.15, 0.2) is 29.8 Å². The van der Waals surface area contributed by atoms with Gasteiger partial charge in [-0.25, -0.2) is 0 Å². The number of Topliss-reactive ketones (excluding diaryl/α,β-unsaturated/α-hetero) is 2. The molecule has 4 fully saturated rings. The van der Waals surface area contributed by atoms with Crippen LogP contribution in [-0.2, 0) is 9.59 Å². The molecule has 4 bridgehead atoms. The molecule has 0 amide bonds. The van der Waals surface area contributed by atoms with Gasteiger partial charge in [0.15, 0.2) is 0 Å². The zero-order valence-corrected chi connectivity index (χ0v) is 19.3. The van der Waals surface area contributed by atoms with Crippen molar-refractivity contribution in [2.75, 3.05) is 0 Å². The molecular formula is C28H36O2. The lowest BCUT2D eigenvalue weighted by molar-refractivity contribution is -0.131. The fourth-order valence-electron chi connectivity index (χ4n) is 8.13. The summed E-state index contributed by atoms with van der Waals surface area (Å²) in [5.74, 6) is 1.86. The van der Waals surface area contributed by atoms with Crippen LogP contribution < -0.4 is 0 Å². The maximum absolute atomic E-state index is 13.6. The number of rotatable bonds is 4. The summed E-state index contributed by atoms with van der Waals surface area (Å²) in [5.41, 5.74) is 2.98. The van der Waals surface area contributed by atoms with Crippen LogP contribution in [0.1, 0.15) is 83.8 Å². The molecule has 5 rings (SSSR count). The van der Waals surface area contributed by atoms with Gasteiger partial charge in [0, 0.05) is 18.3 Å². The SMILES string of the molecule is Cc1ccc(C=C(CC23CCC(CC2=O)C3(C)C)C23CCC(CC2=O)C3(C)C)cc1. The minimum atomic E-state index is -0.395. The summed E-state index contributed by atoms with van der Waals surface area (Å²) in [5, 5.41) is 0. The summed E-state index contributed by atoms with van der Waals surface area (Å²) >= 11 is 0. The first-order valence-electron chi connectivity index (χ1n) is 11.9. The largest absolute Gasteiger partial charge is 0.299 e. The third kappa shape index (κ3) is 2.31. The van der Waals surface area contributed by atoms with E-state index in [4.69, 9.17) is 0 Å². The molecule has 0 radical (unpaired) electrons. The summed E-state index contributed by atoms with van der Waals surface area (Å²) in [6, 6.07) is 8.63. The Morgan fingerprint density at radius 2 is 1.50 bits per heavy atom. The van der Waals surface area contributed by atoms with Gasteiger partial charge in [0.1, 0.15) is 11.6 Å². The second-order valence-corrected chi connectivity index (χ2v) is 11.9. The number of allylic oxidation sites excluding steroid dienone is 1. The van der Waals surface area contributed by atoms with E-state index in [1.165, 1.54) is 11.1 Å². The third-order valence-corrected chi connectivity index (χ3v) is 10.5. The number of fused-ring (bicyclic) bond motifs is 4. The topological polar surface area (TPSA) is 34.1 Å². The highest BCUT2D eigenvalue weighted by molar-refractivity contribution is 5.95. The molecule has 2 nitrogen and oxygen atoms in total. The van der Waals surface area contributed by atoms with Gasteiger partial charge in [-0.1, -0.05) is 69.2 Å². The van der Waals surface area contributed by atoms with Crippen LogP contribution in [0.5, 0.6) is 0 Å². The number of hydrogen-bond acceptors (Lipinski definition) is 2. The number of benzene rings is 1. The molecule has 1 aromatic rings. The van der Waals surface area contributed by atoms with E-state index in [2.05, 4.69) is 65.0 Å². The van der Waals surface area contributed by atoms with Crippen molar-refractivity contribution in [1.29, 1.82) is 0 Å². The van der Waals surface area contributed by atoms with Crippen molar-refractivity contribution < 1.29 is 9.59 Å². The van der Waals surface area contributed by atoms with Crippen LogP contribution in [0.3, 0.4) is 0 Å². The van der Waals surface area contributed by atoms with Gasteiger partial charge in [0.25, 0.3) is 0 Å². The number of aryl methyl sites for hydroxylation is 1. The van der Waals surface area contributed by atoms with Crippen molar-refractivity contribution in [1.82, 2.24) is 0 Å². The van der Waals surface area contributed by atoms with Gasteiger partial charge < -0.3 is 0 Å². The Hall–Kier alpha value is -1.70. The molecule has 0 N–H and O–H groups in total. The van der Waals surface area contributed by atoms with Gasteiger partial charge >= 0.3 is 0 Å². The van der Waals surface area contributed by atoms with E-state index in [0.29, 0.717) is 29.8 Å². The predicted molar refractivity (Wildman–Crippen MR) is 121 cm³/mol. The molecule has 4 unspecified atom stereocenters. The van der Waals surface area contributed by atoms with Crippen molar-refractivity contribution >= 4 is 17.6 Å². The van der Waals surface area contributed by atoms with Gasteiger partial charge in [-0.15, -0.1) is 0 Å². The molecule has 0 saturated heterocycles. The lowest BCUT2D eigenvalue weighted by Gasteiger charge is -2.44. The Morgan fingerprint density at radius 3 is 2.00 bits per heavy atom. The van der Waals surface area contributed by atoms with Crippen molar-refractivity contribution in [2.45, 2.75) is 79.6 Å². The van der Waals surface area contributed by atoms with Crippen LogP contribution in [0.25, 0.3) is 6.08 Å². The molecule has 2 heteroatoms. The molecule has 4 atom stereocenters. The molecule has 30 heavy (non-hydrogen) atoms. The Bertz CT molecular complexity index is 947. The third-order valence-electron chi connectivity index (χ3n) is 10.5. The van der Waals surface area contributed by atoms with E-state index in [1.54, 1.807) is 0 Å². The highest BCUT2D eigenvalue weighted by Crippen LogP contribution is 2.72. The lowest BCUT2D eigenvalue weighted by Crippen LogP contribution is -2.43. The minimum Gasteiger partial charge on any atom is -0.299 e. The van der Waals surface area contributed by atoms with Crippen LogP contribution in [0, 0.1) is 40.4 Å². The van der Waals surface area contributed by atoms with E-state index < -0.39 is 5.41 Å². The molecule has 160 valence electrons. The van der Waals surface area contributed by atoms with Crippen LogP contribution in [-0.4, -0.2) is 11.6 Å². The van der Waals surface area contributed by atoms with E-state index in [-0.39, 0.29) is 16.2 Å². The fourth-order valence-corrected chi connectivity index (χ4v) is 8.13. The molecule has 1 aromatic carbocycles. The van der Waals surface area contributed by atoms with Crippen LogP contribution in [0.4, 0.5) is 0 Å². The average Bonchev–Trinajstić information content (AvgIpc) is 3.22. The summed E-state index contributed by atoms with van der Waals surface area (Å²) < 4.78 is 0. The monoisotopic (exact) mass is 404 g/mol. The number of ketones is 2. The number of hydrogen-bond donors (Lipinski definition) is 0. The average molecular weight is 405 g/mol. The first kappa shape index (κ1) is 20.2. The minimum absolute atomic E-state index is 0.0247. The van der Waals surface area contributed by atoms with Gasteiger partial charge in [0.2, 0.25) is 0 Å². The first-order chi connectivity index (χ1) is 14.0. The van der Waals surface area contributed by atoms with Gasteiger partial charge in [-0.3, -0.25) is 9.59 Å². The van der Waals surface area contributed by atoms with Crippen molar-refractivity contribution in [2.24, 2.45) is 33.5 Å². The maximum atomic E-state index is 13.6. The number of carbonyl (C=O) groups is 2.